The summed E-state index contributed by atoms with van der Waals surface area (Å²) in [5.74, 6) is 1.83. The van der Waals surface area contributed by atoms with E-state index in [0.717, 1.165) is 29.0 Å². The van der Waals surface area contributed by atoms with Gasteiger partial charge in [-0.05, 0) is 35.9 Å². The molecule has 1 aromatic heterocycles. The molecule has 0 atom stereocenters. The van der Waals surface area contributed by atoms with E-state index in [1.54, 1.807) is 7.11 Å². The van der Waals surface area contributed by atoms with Crippen molar-refractivity contribution in [2.45, 2.75) is 6.42 Å². The monoisotopic (exact) mass is 277 g/mol. The molecule has 0 saturated heterocycles. The van der Waals surface area contributed by atoms with E-state index < -0.39 is 0 Å². The first-order valence-electron chi connectivity index (χ1n) is 6.69. The molecule has 4 heteroatoms. The Morgan fingerprint density at radius 1 is 1.19 bits per heavy atom. The average Bonchev–Trinajstić information content (AvgIpc) is 2.83. The number of ether oxygens (including phenoxy) is 1. The standard InChI is InChI=1S/C17H15N3O/c1-20-16-8-5-13(11-18)9-15(16)19-17(20)10-12-3-6-14(21-2)7-4-12/h3-9H,10H2,1-2H3. The second-order valence-corrected chi connectivity index (χ2v) is 4.93. The molecular formula is C17H15N3O. The van der Waals surface area contributed by atoms with E-state index in [0.29, 0.717) is 5.56 Å². The Kier molecular flexibility index (Phi) is 3.33. The number of nitriles is 1. The minimum absolute atomic E-state index is 0.636. The molecule has 0 aliphatic heterocycles. The first kappa shape index (κ1) is 13.2. The summed E-state index contributed by atoms with van der Waals surface area (Å²) in [6, 6.07) is 15.7. The van der Waals surface area contributed by atoms with Crippen LogP contribution < -0.4 is 4.74 Å². The molecular weight excluding hydrogens is 262 g/mol. The zero-order valence-electron chi connectivity index (χ0n) is 12.0. The molecule has 0 saturated carbocycles. The second kappa shape index (κ2) is 5.29. The summed E-state index contributed by atoms with van der Waals surface area (Å²) in [4.78, 5) is 4.64. The molecule has 0 amide bonds. The SMILES string of the molecule is COc1ccc(Cc2nc3cc(C#N)ccc3n2C)cc1. The van der Waals surface area contributed by atoms with Crippen LogP contribution in [0.2, 0.25) is 0 Å². The molecule has 104 valence electrons. The highest BCUT2D eigenvalue weighted by Gasteiger charge is 2.09. The fourth-order valence-corrected chi connectivity index (χ4v) is 2.40. The van der Waals surface area contributed by atoms with Crippen molar-refractivity contribution >= 4 is 11.0 Å². The van der Waals surface area contributed by atoms with Crippen molar-refractivity contribution in [3.05, 3.63) is 59.4 Å². The maximum Gasteiger partial charge on any atom is 0.118 e. The van der Waals surface area contributed by atoms with Gasteiger partial charge in [0.2, 0.25) is 0 Å². The summed E-state index contributed by atoms with van der Waals surface area (Å²) in [5.41, 5.74) is 3.71. The van der Waals surface area contributed by atoms with E-state index in [2.05, 4.69) is 15.6 Å². The highest BCUT2D eigenvalue weighted by molar-refractivity contribution is 5.77. The molecule has 0 N–H and O–H groups in total. The molecule has 0 aliphatic carbocycles. The molecule has 0 aliphatic rings. The van der Waals surface area contributed by atoms with Crippen LogP contribution >= 0.6 is 0 Å². The number of hydrogen-bond donors (Lipinski definition) is 0. The van der Waals surface area contributed by atoms with Crippen LogP contribution in [0.3, 0.4) is 0 Å². The molecule has 1 heterocycles. The lowest BCUT2D eigenvalue weighted by Crippen LogP contribution is -1.99. The lowest BCUT2D eigenvalue weighted by Gasteiger charge is -2.04. The predicted octanol–water partition coefficient (Wildman–Crippen LogP) is 3.04. The Balaban J connectivity index is 1.96. The fourth-order valence-electron chi connectivity index (χ4n) is 2.40. The van der Waals surface area contributed by atoms with Gasteiger partial charge in [0.25, 0.3) is 0 Å². The van der Waals surface area contributed by atoms with Crippen molar-refractivity contribution in [2.75, 3.05) is 7.11 Å². The van der Waals surface area contributed by atoms with Crippen LogP contribution in [0.25, 0.3) is 11.0 Å². The van der Waals surface area contributed by atoms with Gasteiger partial charge in [-0.3, -0.25) is 0 Å². The van der Waals surface area contributed by atoms with Gasteiger partial charge in [-0.15, -0.1) is 0 Å². The maximum atomic E-state index is 8.96. The number of aromatic nitrogens is 2. The summed E-state index contributed by atoms with van der Waals surface area (Å²) in [6.45, 7) is 0. The maximum absolute atomic E-state index is 8.96. The number of imidazole rings is 1. The first-order chi connectivity index (χ1) is 10.2. The number of methoxy groups -OCH3 is 1. The van der Waals surface area contributed by atoms with E-state index in [1.165, 1.54) is 5.56 Å². The Morgan fingerprint density at radius 2 is 1.95 bits per heavy atom. The quantitative estimate of drug-likeness (QED) is 0.739. The third kappa shape index (κ3) is 2.46. The predicted molar refractivity (Wildman–Crippen MR) is 81.2 cm³/mol. The third-order valence-corrected chi connectivity index (χ3v) is 3.62. The highest BCUT2D eigenvalue weighted by Crippen LogP contribution is 2.19. The molecule has 21 heavy (non-hydrogen) atoms. The minimum Gasteiger partial charge on any atom is -0.497 e. The van der Waals surface area contributed by atoms with Gasteiger partial charge in [-0.25, -0.2) is 4.98 Å². The van der Waals surface area contributed by atoms with Gasteiger partial charge in [0.05, 0.1) is 29.8 Å². The van der Waals surface area contributed by atoms with Crippen molar-refractivity contribution in [1.29, 1.82) is 5.26 Å². The van der Waals surface area contributed by atoms with E-state index in [1.807, 2.05) is 49.5 Å². The van der Waals surface area contributed by atoms with Gasteiger partial charge in [0.1, 0.15) is 11.6 Å². The third-order valence-electron chi connectivity index (χ3n) is 3.62. The normalized spacial score (nSPS) is 10.5. The van der Waals surface area contributed by atoms with Crippen LogP contribution in [-0.4, -0.2) is 16.7 Å². The summed E-state index contributed by atoms with van der Waals surface area (Å²) < 4.78 is 7.24. The minimum atomic E-state index is 0.636. The van der Waals surface area contributed by atoms with Gasteiger partial charge in [0.15, 0.2) is 0 Å². The summed E-state index contributed by atoms with van der Waals surface area (Å²) in [5, 5.41) is 8.96. The largest absolute Gasteiger partial charge is 0.497 e. The first-order valence-corrected chi connectivity index (χ1v) is 6.69. The van der Waals surface area contributed by atoms with Crippen molar-refractivity contribution in [2.24, 2.45) is 7.05 Å². The van der Waals surface area contributed by atoms with Crippen molar-refractivity contribution < 1.29 is 4.74 Å². The van der Waals surface area contributed by atoms with Crippen LogP contribution in [0.15, 0.2) is 42.5 Å². The van der Waals surface area contributed by atoms with Gasteiger partial charge >= 0.3 is 0 Å². The molecule has 3 aromatic rings. The zero-order chi connectivity index (χ0) is 14.8. The summed E-state index contributed by atoms with van der Waals surface area (Å²) in [7, 11) is 3.66. The molecule has 0 spiro atoms. The lowest BCUT2D eigenvalue weighted by molar-refractivity contribution is 0.414. The van der Waals surface area contributed by atoms with E-state index in [-0.39, 0.29) is 0 Å². The zero-order valence-corrected chi connectivity index (χ0v) is 12.0. The molecule has 0 fully saturated rings. The lowest BCUT2D eigenvalue weighted by atomic mass is 10.1. The fraction of sp³-hybridized carbons (Fsp3) is 0.176. The van der Waals surface area contributed by atoms with E-state index in [4.69, 9.17) is 10.00 Å². The number of aryl methyl sites for hydroxylation is 1. The number of fused-ring (bicyclic) bond motifs is 1. The molecule has 0 bridgehead atoms. The van der Waals surface area contributed by atoms with Crippen molar-refractivity contribution in [3.63, 3.8) is 0 Å². The number of rotatable bonds is 3. The molecule has 2 aromatic carbocycles. The van der Waals surface area contributed by atoms with Crippen LogP contribution in [0, 0.1) is 11.3 Å². The summed E-state index contributed by atoms with van der Waals surface area (Å²) in [6.07, 6.45) is 0.747. The van der Waals surface area contributed by atoms with Crippen LogP contribution in [0.1, 0.15) is 17.0 Å². The average molecular weight is 277 g/mol. The molecule has 3 rings (SSSR count). The highest BCUT2D eigenvalue weighted by atomic mass is 16.5. The topological polar surface area (TPSA) is 50.8 Å². The number of benzene rings is 2. The Hall–Kier alpha value is -2.80. The van der Waals surface area contributed by atoms with Crippen LogP contribution in [0.5, 0.6) is 5.75 Å². The summed E-state index contributed by atoms with van der Waals surface area (Å²) >= 11 is 0. The second-order valence-electron chi connectivity index (χ2n) is 4.93. The van der Waals surface area contributed by atoms with Crippen molar-refractivity contribution in [3.8, 4) is 11.8 Å². The van der Waals surface area contributed by atoms with Crippen molar-refractivity contribution in [1.82, 2.24) is 9.55 Å². The van der Waals surface area contributed by atoms with Crippen LogP contribution in [0.4, 0.5) is 0 Å². The smallest absolute Gasteiger partial charge is 0.118 e. The van der Waals surface area contributed by atoms with Crippen LogP contribution in [-0.2, 0) is 13.5 Å². The molecule has 4 nitrogen and oxygen atoms in total. The Morgan fingerprint density at radius 3 is 2.62 bits per heavy atom. The van der Waals surface area contributed by atoms with Gasteiger partial charge in [0, 0.05) is 13.5 Å². The molecule has 0 unspecified atom stereocenters. The van der Waals surface area contributed by atoms with Gasteiger partial charge in [-0.1, -0.05) is 12.1 Å². The molecule has 0 radical (unpaired) electrons. The van der Waals surface area contributed by atoms with Gasteiger partial charge in [-0.2, -0.15) is 5.26 Å². The Labute approximate surface area is 123 Å². The number of nitrogens with zero attached hydrogens (tertiary/aromatic N) is 3. The van der Waals surface area contributed by atoms with Gasteiger partial charge < -0.3 is 9.30 Å². The number of hydrogen-bond acceptors (Lipinski definition) is 3. The van der Waals surface area contributed by atoms with E-state index >= 15 is 0 Å². The van der Waals surface area contributed by atoms with E-state index in [9.17, 15) is 0 Å². The Bertz CT molecular complexity index is 826.